The third-order valence-electron chi connectivity index (χ3n) is 3.42. The fraction of sp³-hybridized carbons (Fsp3) is 0.118. The van der Waals surface area contributed by atoms with Crippen molar-refractivity contribution in [2.45, 2.75) is 6.42 Å². The summed E-state index contributed by atoms with van der Waals surface area (Å²) in [5.74, 6) is 0.742. The Kier molecular flexibility index (Phi) is 3.84. The Labute approximate surface area is 128 Å². The van der Waals surface area contributed by atoms with Gasteiger partial charge in [-0.15, -0.1) is 0 Å². The normalized spacial score (nSPS) is 10.3. The lowest BCUT2D eigenvalue weighted by molar-refractivity contribution is 1.01. The second-order valence-electron chi connectivity index (χ2n) is 4.99. The van der Waals surface area contributed by atoms with Crippen molar-refractivity contribution in [1.29, 1.82) is 5.26 Å². The Morgan fingerprint density at radius 2 is 2.05 bits per heavy atom. The number of nitrogens with one attached hydrogen (secondary N) is 1. The van der Waals surface area contributed by atoms with E-state index in [1.165, 1.54) is 11.9 Å². The molecule has 0 aliphatic heterocycles. The topological polar surface area (TPSA) is 87.6 Å². The number of nitrogen functional groups attached to an aromatic ring is 1. The molecule has 1 heterocycles. The summed E-state index contributed by atoms with van der Waals surface area (Å²) in [5.41, 5.74) is 9.13. The van der Waals surface area contributed by atoms with Crippen LogP contribution >= 0.6 is 0 Å². The molecule has 1 aromatic heterocycles. The van der Waals surface area contributed by atoms with E-state index in [-0.39, 0.29) is 0 Å². The molecular formula is C17H15N5. The van der Waals surface area contributed by atoms with E-state index < -0.39 is 0 Å². The van der Waals surface area contributed by atoms with Gasteiger partial charge in [0.15, 0.2) is 0 Å². The minimum atomic E-state index is 0.598. The van der Waals surface area contributed by atoms with E-state index in [0.717, 1.165) is 35.4 Å². The average Bonchev–Trinajstić information content (AvgIpc) is 2.55. The monoisotopic (exact) mass is 289 g/mol. The third kappa shape index (κ3) is 2.96. The van der Waals surface area contributed by atoms with E-state index in [9.17, 15) is 0 Å². The van der Waals surface area contributed by atoms with Gasteiger partial charge in [-0.05, 0) is 42.3 Å². The van der Waals surface area contributed by atoms with Gasteiger partial charge in [0.1, 0.15) is 12.1 Å². The molecule has 0 saturated carbocycles. The Morgan fingerprint density at radius 1 is 1.14 bits per heavy atom. The second-order valence-corrected chi connectivity index (χ2v) is 4.99. The molecule has 22 heavy (non-hydrogen) atoms. The molecule has 0 radical (unpaired) electrons. The van der Waals surface area contributed by atoms with Gasteiger partial charge < -0.3 is 11.1 Å². The predicted octanol–water partition coefficient (Wildman–Crippen LogP) is 2.74. The van der Waals surface area contributed by atoms with Crippen LogP contribution in [0.25, 0.3) is 10.9 Å². The Balaban J connectivity index is 1.78. The van der Waals surface area contributed by atoms with E-state index in [1.807, 2.05) is 30.3 Å². The number of rotatable bonds is 4. The molecule has 0 spiro atoms. The van der Waals surface area contributed by atoms with Gasteiger partial charge in [-0.2, -0.15) is 5.26 Å². The van der Waals surface area contributed by atoms with E-state index in [2.05, 4.69) is 21.4 Å². The average molecular weight is 289 g/mol. The molecule has 0 atom stereocenters. The van der Waals surface area contributed by atoms with Crippen LogP contribution in [0.3, 0.4) is 0 Å². The third-order valence-corrected chi connectivity index (χ3v) is 3.42. The quantitative estimate of drug-likeness (QED) is 0.721. The highest BCUT2D eigenvalue weighted by atomic mass is 15.0. The van der Waals surface area contributed by atoms with Gasteiger partial charge in [0.25, 0.3) is 0 Å². The van der Waals surface area contributed by atoms with Crippen molar-refractivity contribution in [3.8, 4) is 6.07 Å². The molecule has 3 rings (SSSR count). The van der Waals surface area contributed by atoms with Gasteiger partial charge in [0, 0.05) is 17.6 Å². The van der Waals surface area contributed by atoms with Crippen LogP contribution in [-0.4, -0.2) is 16.5 Å². The fourth-order valence-corrected chi connectivity index (χ4v) is 2.34. The number of anilines is 2. The van der Waals surface area contributed by atoms with Crippen LogP contribution in [0.4, 0.5) is 11.5 Å². The molecule has 5 heteroatoms. The van der Waals surface area contributed by atoms with Gasteiger partial charge in [0.2, 0.25) is 0 Å². The largest absolute Gasteiger partial charge is 0.399 e. The Hall–Kier alpha value is -3.13. The molecule has 108 valence electrons. The van der Waals surface area contributed by atoms with Crippen LogP contribution in [0.2, 0.25) is 0 Å². The van der Waals surface area contributed by atoms with E-state index in [1.54, 1.807) is 12.1 Å². The number of nitriles is 1. The molecule has 0 aliphatic rings. The number of nitrogens with two attached hydrogens (primary N) is 1. The summed E-state index contributed by atoms with van der Waals surface area (Å²) < 4.78 is 0. The second kappa shape index (κ2) is 6.10. The SMILES string of the molecule is N#Cc1ccc2ncnc(NCCc3cccc(N)c3)c2c1. The van der Waals surface area contributed by atoms with Gasteiger partial charge in [-0.3, -0.25) is 0 Å². The molecule has 0 unspecified atom stereocenters. The molecule has 3 aromatic rings. The molecular weight excluding hydrogens is 274 g/mol. The minimum absolute atomic E-state index is 0.598. The molecule has 5 nitrogen and oxygen atoms in total. The first-order valence-corrected chi connectivity index (χ1v) is 6.99. The lowest BCUT2D eigenvalue weighted by Gasteiger charge is -2.09. The summed E-state index contributed by atoms with van der Waals surface area (Å²) in [5, 5.41) is 13.2. The van der Waals surface area contributed by atoms with Crippen LogP contribution in [0.1, 0.15) is 11.1 Å². The molecule has 0 amide bonds. The summed E-state index contributed by atoms with van der Waals surface area (Å²) in [4.78, 5) is 8.49. The first-order chi connectivity index (χ1) is 10.8. The van der Waals surface area contributed by atoms with Gasteiger partial charge in [-0.25, -0.2) is 9.97 Å². The summed E-state index contributed by atoms with van der Waals surface area (Å²) >= 11 is 0. The number of hydrogen-bond donors (Lipinski definition) is 2. The highest BCUT2D eigenvalue weighted by Gasteiger charge is 2.04. The van der Waals surface area contributed by atoms with Gasteiger partial charge in [0.05, 0.1) is 17.1 Å². The maximum atomic E-state index is 9.02. The van der Waals surface area contributed by atoms with Crippen LogP contribution in [0.15, 0.2) is 48.8 Å². The lowest BCUT2D eigenvalue weighted by atomic mass is 10.1. The van der Waals surface area contributed by atoms with Crippen molar-refractivity contribution in [2.75, 3.05) is 17.6 Å². The number of aromatic nitrogens is 2. The summed E-state index contributed by atoms with van der Waals surface area (Å²) in [6, 6.07) is 15.4. The number of benzene rings is 2. The highest BCUT2D eigenvalue weighted by Crippen LogP contribution is 2.20. The van der Waals surface area contributed by atoms with E-state index in [4.69, 9.17) is 11.0 Å². The zero-order valence-electron chi connectivity index (χ0n) is 12.0. The van der Waals surface area contributed by atoms with Crippen molar-refractivity contribution in [2.24, 2.45) is 0 Å². The molecule has 0 aliphatic carbocycles. The van der Waals surface area contributed by atoms with Crippen LogP contribution in [0, 0.1) is 11.3 Å². The molecule has 0 saturated heterocycles. The smallest absolute Gasteiger partial charge is 0.137 e. The van der Waals surface area contributed by atoms with Crippen molar-refractivity contribution >= 4 is 22.4 Å². The predicted molar refractivity (Wildman–Crippen MR) is 87.3 cm³/mol. The first-order valence-electron chi connectivity index (χ1n) is 6.99. The Morgan fingerprint density at radius 3 is 2.86 bits per heavy atom. The van der Waals surface area contributed by atoms with E-state index >= 15 is 0 Å². The number of nitrogens with zero attached hydrogens (tertiary/aromatic N) is 3. The van der Waals surface area contributed by atoms with Gasteiger partial charge >= 0.3 is 0 Å². The molecule has 2 aromatic carbocycles. The Bertz CT molecular complexity index is 851. The maximum absolute atomic E-state index is 9.02. The minimum Gasteiger partial charge on any atom is -0.399 e. The van der Waals surface area contributed by atoms with Crippen molar-refractivity contribution in [3.63, 3.8) is 0 Å². The van der Waals surface area contributed by atoms with Crippen molar-refractivity contribution < 1.29 is 0 Å². The zero-order chi connectivity index (χ0) is 15.4. The van der Waals surface area contributed by atoms with Gasteiger partial charge in [-0.1, -0.05) is 12.1 Å². The zero-order valence-corrected chi connectivity index (χ0v) is 12.0. The summed E-state index contributed by atoms with van der Waals surface area (Å²) in [6.07, 6.45) is 2.37. The van der Waals surface area contributed by atoms with Crippen LogP contribution in [-0.2, 0) is 6.42 Å². The molecule has 3 N–H and O–H groups in total. The summed E-state index contributed by atoms with van der Waals surface area (Å²) in [6.45, 7) is 0.729. The fourth-order valence-electron chi connectivity index (χ4n) is 2.34. The lowest BCUT2D eigenvalue weighted by Crippen LogP contribution is -2.07. The van der Waals surface area contributed by atoms with Crippen LogP contribution in [0.5, 0.6) is 0 Å². The number of hydrogen-bond acceptors (Lipinski definition) is 5. The maximum Gasteiger partial charge on any atom is 0.137 e. The van der Waals surface area contributed by atoms with Crippen molar-refractivity contribution in [3.05, 3.63) is 59.9 Å². The van der Waals surface area contributed by atoms with E-state index in [0.29, 0.717) is 5.56 Å². The molecule has 0 fully saturated rings. The van der Waals surface area contributed by atoms with Crippen LogP contribution < -0.4 is 11.1 Å². The first kappa shape index (κ1) is 13.8. The summed E-state index contributed by atoms with van der Waals surface area (Å²) in [7, 11) is 0. The highest BCUT2D eigenvalue weighted by molar-refractivity contribution is 5.89. The number of fused-ring (bicyclic) bond motifs is 1. The van der Waals surface area contributed by atoms with Crippen molar-refractivity contribution in [1.82, 2.24) is 9.97 Å². The standard InChI is InChI=1S/C17H15N5/c18-10-13-4-5-16-15(9-13)17(22-11-21-16)20-7-6-12-2-1-3-14(19)8-12/h1-5,8-9,11H,6-7,19H2,(H,20,21,22). The molecule has 0 bridgehead atoms.